The van der Waals surface area contributed by atoms with Crippen LogP contribution in [0.4, 0.5) is 0 Å². The predicted octanol–water partition coefficient (Wildman–Crippen LogP) is 2.94. The summed E-state index contributed by atoms with van der Waals surface area (Å²) in [5.74, 6) is 0.220. The molecule has 1 N–H and O–H groups in total. The van der Waals surface area contributed by atoms with Gasteiger partial charge in [-0.25, -0.2) is 0 Å². The van der Waals surface area contributed by atoms with Crippen LogP contribution in [0.1, 0.15) is 40.7 Å². The summed E-state index contributed by atoms with van der Waals surface area (Å²) >= 11 is 0. The van der Waals surface area contributed by atoms with Crippen LogP contribution < -0.4 is 5.32 Å². The van der Waals surface area contributed by atoms with Gasteiger partial charge in [-0.3, -0.25) is 4.79 Å². The molecule has 3 nitrogen and oxygen atoms in total. The standard InChI is InChI=1S/C17H24N2O.ClH/c1-13-3-4-15(14(2)11-13)16(20)19-10-7-17(12-19)5-8-18-9-6-17;/h3-4,11,18H,5-10,12H2,1-2H3;1H. The van der Waals surface area contributed by atoms with Gasteiger partial charge < -0.3 is 10.2 Å². The smallest absolute Gasteiger partial charge is 0.254 e. The van der Waals surface area contributed by atoms with E-state index in [-0.39, 0.29) is 18.3 Å². The highest BCUT2D eigenvalue weighted by Crippen LogP contribution is 2.39. The normalized spacial score (nSPS) is 20.4. The van der Waals surface area contributed by atoms with Gasteiger partial charge in [-0.15, -0.1) is 12.4 Å². The van der Waals surface area contributed by atoms with Crippen LogP contribution >= 0.6 is 12.4 Å². The molecular formula is C17H25ClN2O. The minimum atomic E-state index is 0. The number of carbonyl (C=O) groups is 1. The third kappa shape index (κ3) is 3.24. The Morgan fingerprint density at radius 3 is 2.57 bits per heavy atom. The van der Waals surface area contributed by atoms with E-state index in [9.17, 15) is 4.79 Å². The summed E-state index contributed by atoms with van der Waals surface area (Å²) in [5, 5.41) is 3.42. The Morgan fingerprint density at radius 1 is 1.19 bits per heavy atom. The Morgan fingerprint density at radius 2 is 1.90 bits per heavy atom. The Balaban J connectivity index is 0.00000161. The summed E-state index contributed by atoms with van der Waals surface area (Å²) in [5.41, 5.74) is 3.58. The van der Waals surface area contributed by atoms with Crippen LogP contribution in [0.25, 0.3) is 0 Å². The first kappa shape index (κ1) is 16.3. The number of amides is 1. The van der Waals surface area contributed by atoms with Gasteiger partial charge in [0.25, 0.3) is 5.91 Å². The zero-order valence-corrected chi connectivity index (χ0v) is 13.8. The fraction of sp³-hybridized carbons (Fsp3) is 0.588. The zero-order valence-electron chi connectivity index (χ0n) is 12.9. The Kier molecular flexibility index (Phi) is 4.95. The van der Waals surface area contributed by atoms with E-state index in [1.165, 1.54) is 24.8 Å². The number of aryl methyl sites for hydroxylation is 2. The van der Waals surface area contributed by atoms with Gasteiger partial charge in [0, 0.05) is 18.7 Å². The molecule has 0 aromatic heterocycles. The maximum Gasteiger partial charge on any atom is 0.254 e. The third-order valence-electron chi connectivity index (χ3n) is 5.00. The van der Waals surface area contributed by atoms with Crippen molar-refractivity contribution in [2.45, 2.75) is 33.1 Å². The maximum absolute atomic E-state index is 12.7. The molecule has 2 heterocycles. The number of rotatable bonds is 1. The molecule has 116 valence electrons. The highest BCUT2D eigenvalue weighted by Gasteiger charge is 2.40. The number of carbonyl (C=O) groups excluding carboxylic acids is 1. The van der Waals surface area contributed by atoms with Crippen molar-refractivity contribution >= 4 is 18.3 Å². The summed E-state index contributed by atoms with van der Waals surface area (Å²) in [7, 11) is 0. The lowest BCUT2D eigenvalue weighted by Crippen LogP contribution is -2.39. The second-order valence-electron chi connectivity index (χ2n) is 6.55. The van der Waals surface area contributed by atoms with E-state index in [1.54, 1.807) is 0 Å². The molecule has 0 unspecified atom stereocenters. The third-order valence-corrected chi connectivity index (χ3v) is 5.00. The van der Waals surface area contributed by atoms with E-state index in [4.69, 9.17) is 0 Å². The van der Waals surface area contributed by atoms with Crippen molar-refractivity contribution in [3.63, 3.8) is 0 Å². The number of benzene rings is 1. The summed E-state index contributed by atoms with van der Waals surface area (Å²) in [6.45, 7) is 8.18. The van der Waals surface area contributed by atoms with Gasteiger partial charge in [0.15, 0.2) is 0 Å². The average Bonchev–Trinajstić information content (AvgIpc) is 2.83. The molecule has 2 aliphatic rings. The quantitative estimate of drug-likeness (QED) is 0.865. The van der Waals surface area contributed by atoms with Crippen LogP contribution in [0.15, 0.2) is 18.2 Å². The Labute approximate surface area is 133 Å². The van der Waals surface area contributed by atoms with Crippen LogP contribution in [0, 0.1) is 19.3 Å². The largest absolute Gasteiger partial charge is 0.338 e. The lowest BCUT2D eigenvalue weighted by atomic mass is 9.78. The second-order valence-corrected chi connectivity index (χ2v) is 6.55. The lowest BCUT2D eigenvalue weighted by molar-refractivity contribution is 0.0761. The van der Waals surface area contributed by atoms with Gasteiger partial charge in [-0.05, 0) is 63.2 Å². The first-order valence-corrected chi connectivity index (χ1v) is 7.67. The number of likely N-dealkylation sites (tertiary alicyclic amines) is 1. The number of nitrogens with zero attached hydrogens (tertiary/aromatic N) is 1. The molecule has 0 aliphatic carbocycles. The molecule has 1 aromatic rings. The molecule has 3 rings (SSSR count). The minimum absolute atomic E-state index is 0. The zero-order chi connectivity index (χ0) is 14.2. The Hall–Kier alpha value is -1.06. The maximum atomic E-state index is 12.7. The SMILES string of the molecule is Cc1ccc(C(=O)N2CCC3(CCNCC3)C2)c(C)c1.Cl. The summed E-state index contributed by atoms with van der Waals surface area (Å²) in [6, 6.07) is 6.13. The molecule has 2 aliphatic heterocycles. The number of hydrogen-bond donors (Lipinski definition) is 1. The minimum Gasteiger partial charge on any atom is -0.338 e. The van der Waals surface area contributed by atoms with Crippen molar-refractivity contribution in [2.24, 2.45) is 5.41 Å². The van der Waals surface area contributed by atoms with Crippen LogP contribution in [-0.2, 0) is 0 Å². The van der Waals surface area contributed by atoms with E-state index in [1.807, 2.05) is 19.1 Å². The van der Waals surface area contributed by atoms with Crippen LogP contribution in [0.3, 0.4) is 0 Å². The molecule has 0 saturated carbocycles. The number of hydrogen-bond acceptors (Lipinski definition) is 2. The van der Waals surface area contributed by atoms with Crippen LogP contribution in [0.5, 0.6) is 0 Å². The summed E-state index contributed by atoms with van der Waals surface area (Å²) in [6.07, 6.45) is 3.60. The van der Waals surface area contributed by atoms with Crippen molar-refractivity contribution in [1.82, 2.24) is 10.2 Å². The van der Waals surface area contributed by atoms with Crippen molar-refractivity contribution in [1.29, 1.82) is 0 Å². The number of halogens is 1. The highest BCUT2D eigenvalue weighted by atomic mass is 35.5. The molecule has 4 heteroatoms. The average molecular weight is 309 g/mol. The predicted molar refractivity (Wildman–Crippen MR) is 88.2 cm³/mol. The van der Waals surface area contributed by atoms with Gasteiger partial charge in [0.1, 0.15) is 0 Å². The first-order chi connectivity index (χ1) is 9.60. The Bertz CT molecular complexity index is 524. The van der Waals surface area contributed by atoms with Crippen LogP contribution in [0.2, 0.25) is 0 Å². The monoisotopic (exact) mass is 308 g/mol. The van der Waals surface area contributed by atoms with Crippen molar-refractivity contribution in [2.75, 3.05) is 26.2 Å². The molecule has 1 spiro atoms. The molecule has 2 saturated heterocycles. The van der Waals surface area contributed by atoms with Gasteiger partial charge >= 0.3 is 0 Å². The van der Waals surface area contributed by atoms with E-state index in [0.717, 1.165) is 37.3 Å². The first-order valence-electron chi connectivity index (χ1n) is 7.67. The second kappa shape index (κ2) is 6.37. The van der Waals surface area contributed by atoms with Gasteiger partial charge in [-0.1, -0.05) is 17.7 Å². The van der Waals surface area contributed by atoms with E-state index in [2.05, 4.69) is 23.2 Å². The van der Waals surface area contributed by atoms with Gasteiger partial charge in [0.2, 0.25) is 0 Å². The van der Waals surface area contributed by atoms with Crippen molar-refractivity contribution in [3.8, 4) is 0 Å². The topological polar surface area (TPSA) is 32.3 Å². The van der Waals surface area contributed by atoms with E-state index >= 15 is 0 Å². The van der Waals surface area contributed by atoms with Gasteiger partial charge in [-0.2, -0.15) is 0 Å². The number of nitrogens with one attached hydrogen (secondary N) is 1. The molecule has 1 amide bonds. The van der Waals surface area contributed by atoms with E-state index < -0.39 is 0 Å². The molecule has 0 bridgehead atoms. The molecule has 0 radical (unpaired) electrons. The molecular weight excluding hydrogens is 284 g/mol. The van der Waals surface area contributed by atoms with Crippen molar-refractivity contribution < 1.29 is 4.79 Å². The lowest BCUT2D eigenvalue weighted by Gasteiger charge is -2.33. The summed E-state index contributed by atoms with van der Waals surface area (Å²) in [4.78, 5) is 14.8. The summed E-state index contributed by atoms with van der Waals surface area (Å²) < 4.78 is 0. The van der Waals surface area contributed by atoms with Crippen molar-refractivity contribution in [3.05, 3.63) is 34.9 Å². The molecule has 2 fully saturated rings. The number of piperidine rings is 1. The molecule has 21 heavy (non-hydrogen) atoms. The fourth-order valence-corrected chi connectivity index (χ4v) is 3.70. The van der Waals surface area contributed by atoms with Gasteiger partial charge in [0.05, 0.1) is 0 Å². The molecule has 1 aromatic carbocycles. The molecule has 0 atom stereocenters. The van der Waals surface area contributed by atoms with E-state index in [0.29, 0.717) is 5.41 Å². The highest BCUT2D eigenvalue weighted by molar-refractivity contribution is 5.96. The fourth-order valence-electron chi connectivity index (χ4n) is 3.70. The van der Waals surface area contributed by atoms with Crippen LogP contribution in [-0.4, -0.2) is 37.0 Å².